The molecule has 0 fully saturated rings. The number of carbonyl (C=O) groups excluding carboxylic acids is 1. The number of rotatable bonds is 7. The standard InChI is InChI=1S/C18H20N4O4/c1-3-5-18(24)19-13-8-9-17(23)16(11-13)12(2)20-21-14-6-4-7-15(10-14)22(25)26/h4,6-11,21,23H,3,5H2,1-2H3,(H,19,24)/b20-12+. The lowest BCUT2D eigenvalue weighted by Crippen LogP contribution is -2.11. The number of non-ortho nitro benzene ring substituents is 1. The Labute approximate surface area is 150 Å². The molecular weight excluding hydrogens is 336 g/mol. The van der Waals surface area contributed by atoms with E-state index < -0.39 is 4.92 Å². The van der Waals surface area contributed by atoms with Gasteiger partial charge in [-0.25, -0.2) is 0 Å². The van der Waals surface area contributed by atoms with Gasteiger partial charge in [0.25, 0.3) is 5.69 Å². The Morgan fingerprint density at radius 1 is 1.23 bits per heavy atom. The van der Waals surface area contributed by atoms with E-state index >= 15 is 0 Å². The number of carbonyl (C=O) groups is 1. The lowest BCUT2D eigenvalue weighted by Gasteiger charge is -2.09. The van der Waals surface area contributed by atoms with Gasteiger partial charge in [0, 0.05) is 29.8 Å². The van der Waals surface area contributed by atoms with Crippen LogP contribution in [0.5, 0.6) is 5.75 Å². The molecule has 2 rings (SSSR count). The fraction of sp³-hybridized carbons (Fsp3) is 0.222. The second-order valence-corrected chi connectivity index (χ2v) is 5.65. The van der Waals surface area contributed by atoms with Crippen LogP contribution >= 0.6 is 0 Å². The molecule has 8 heteroatoms. The number of amides is 1. The van der Waals surface area contributed by atoms with Crippen LogP contribution in [0.2, 0.25) is 0 Å². The van der Waals surface area contributed by atoms with Gasteiger partial charge in [-0.15, -0.1) is 0 Å². The zero-order chi connectivity index (χ0) is 19.1. The van der Waals surface area contributed by atoms with Gasteiger partial charge < -0.3 is 10.4 Å². The Kier molecular flexibility index (Phi) is 6.26. The topological polar surface area (TPSA) is 117 Å². The molecule has 3 N–H and O–H groups in total. The van der Waals surface area contributed by atoms with Gasteiger partial charge in [0.05, 0.1) is 16.3 Å². The van der Waals surface area contributed by atoms with E-state index in [2.05, 4.69) is 15.8 Å². The predicted molar refractivity (Wildman–Crippen MR) is 101 cm³/mol. The van der Waals surface area contributed by atoms with Crippen molar-refractivity contribution in [2.24, 2.45) is 5.10 Å². The third kappa shape index (κ3) is 5.04. The van der Waals surface area contributed by atoms with E-state index in [0.717, 1.165) is 6.42 Å². The highest BCUT2D eigenvalue weighted by atomic mass is 16.6. The largest absolute Gasteiger partial charge is 0.507 e. The van der Waals surface area contributed by atoms with Crippen molar-refractivity contribution < 1.29 is 14.8 Å². The van der Waals surface area contributed by atoms with Crippen LogP contribution in [0.3, 0.4) is 0 Å². The van der Waals surface area contributed by atoms with Gasteiger partial charge in [-0.3, -0.25) is 20.3 Å². The zero-order valence-electron chi connectivity index (χ0n) is 14.5. The molecule has 0 saturated carbocycles. The lowest BCUT2D eigenvalue weighted by molar-refractivity contribution is -0.384. The normalized spacial score (nSPS) is 11.1. The first-order chi connectivity index (χ1) is 12.4. The summed E-state index contributed by atoms with van der Waals surface area (Å²) >= 11 is 0. The highest BCUT2D eigenvalue weighted by molar-refractivity contribution is 6.03. The van der Waals surface area contributed by atoms with Crippen LogP contribution in [0.25, 0.3) is 0 Å². The molecule has 2 aromatic carbocycles. The first kappa shape index (κ1) is 18.9. The average Bonchev–Trinajstić information content (AvgIpc) is 2.61. The van der Waals surface area contributed by atoms with Gasteiger partial charge in [0.1, 0.15) is 5.75 Å². The van der Waals surface area contributed by atoms with Crippen molar-refractivity contribution in [1.82, 2.24) is 0 Å². The number of nitro benzene ring substituents is 1. The van der Waals surface area contributed by atoms with Gasteiger partial charge in [-0.05, 0) is 37.6 Å². The van der Waals surface area contributed by atoms with Crippen LogP contribution in [-0.2, 0) is 4.79 Å². The number of phenolic OH excluding ortho intramolecular Hbond substituents is 1. The number of hydrogen-bond donors (Lipinski definition) is 3. The minimum atomic E-state index is -0.490. The number of anilines is 2. The summed E-state index contributed by atoms with van der Waals surface area (Å²) in [4.78, 5) is 22.0. The van der Waals surface area contributed by atoms with Crippen molar-refractivity contribution >= 4 is 28.7 Å². The van der Waals surface area contributed by atoms with E-state index in [4.69, 9.17) is 0 Å². The van der Waals surface area contributed by atoms with Crippen LogP contribution in [0, 0.1) is 10.1 Å². The number of phenols is 1. The molecule has 2 aromatic rings. The molecular formula is C18H20N4O4. The van der Waals surface area contributed by atoms with Gasteiger partial charge in [-0.1, -0.05) is 13.0 Å². The number of hydrazone groups is 1. The summed E-state index contributed by atoms with van der Waals surface area (Å²) < 4.78 is 0. The van der Waals surface area contributed by atoms with Gasteiger partial charge >= 0.3 is 0 Å². The first-order valence-corrected chi connectivity index (χ1v) is 8.08. The summed E-state index contributed by atoms with van der Waals surface area (Å²) in [6, 6.07) is 10.6. The minimum absolute atomic E-state index is 0.0144. The fourth-order valence-corrected chi connectivity index (χ4v) is 2.25. The molecule has 1 amide bonds. The highest BCUT2D eigenvalue weighted by Gasteiger charge is 2.09. The number of aromatic hydroxyl groups is 1. The van der Waals surface area contributed by atoms with Gasteiger partial charge in [0.15, 0.2) is 0 Å². The van der Waals surface area contributed by atoms with E-state index in [-0.39, 0.29) is 17.3 Å². The van der Waals surface area contributed by atoms with Crippen molar-refractivity contribution in [2.75, 3.05) is 10.7 Å². The second kappa shape index (κ2) is 8.61. The van der Waals surface area contributed by atoms with Crippen molar-refractivity contribution in [1.29, 1.82) is 0 Å². The quantitative estimate of drug-likeness (QED) is 0.301. The molecule has 0 heterocycles. The van der Waals surface area contributed by atoms with E-state index in [1.807, 2.05) is 6.92 Å². The third-order valence-electron chi connectivity index (χ3n) is 3.56. The molecule has 0 radical (unpaired) electrons. The van der Waals surface area contributed by atoms with E-state index in [0.29, 0.717) is 29.1 Å². The third-order valence-corrected chi connectivity index (χ3v) is 3.56. The summed E-state index contributed by atoms with van der Waals surface area (Å²) in [5.41, 5.74) is 4.59. The molecule has 0 aliphatic heterocycles. The smallest absolute Gasteiger partial charge is 0.271 e. The molecule has 8 nitrogen and oxygen atoms in total. The van der Waals surface area contributed by atoms with Crippen LogP contribution in [-0.4, -0.2) is 21.6 Å². The molecule has 26 heavy (non-hydrogen) atoms. The van der Waals surface area contributed by atoms with E-state index in [9.17, 15) is 20.0 Å². The van der Waals surface area contributed by atoms with E-state index in [1.165, 1.54) is 18.2 Å². The summed E-state index contributed by atoms with van der Waals surface area (Å²) in [5, 5.41) is 27.8. The maximum Gasteiger partial charge on any atom is 0.271 e. The SMILES string of the molecule is CCCC(=O)Nc1ccc(O)c(/C(C)=N/Nc2cccc([N+](=O)[O-])c2)c1. The fourth-order valence-electron chi connectivity index (χ4n) is 2.25. The Balaban J connectivity index is 2.18. The Hall–Kier alpha value is -3.42. The second-order valence-electron chi connectivity index (χ2n) is 5.65. The van der Waals surface area contributed by atoms with Gasteiger partial charge in [-0.2, -0.15) is 5.10 Å². The monoisotopic (exact) mass is 356 g/mol. The molecule has 0 bridgehead atoms. The summed E-state index contributed by atoms with van der Waals surface area (Å²) in [6.45, 7) is 3.59. The molecule has 0 aromatic heterocycles. The average molecular weight is 356 g/mol. The number of nitrogens with zero attached hydrogens (tertiary/aromatic N) is 2. The van der Waals surface area contributed by atoms with Crippen LogP contribution in [0.15, 0.2) is 47.6 Å². The molecule has 0 atom stereocenters. The van der Waals surface area contributed by atoms with Crippen LogP contribution in [0.1, 0.15) is 32.3 Å². The molecule has 0 aliphatic carbocycles. The molecule has 0 unspecified atom stereocenters. The molecule has 0 aliphatic rings. The Morgan fingerprint density at radius 2 is 2.00 bits per heavy atom. The van der Waals surface area contributed by atoms with Gasteiger partial charge in [0.2, 0.25) is 5.91 Å². The lowest BCUT2D eigenvalue weighted by atomic mass is 10.1. The highest BCUT2D eigenvalue weighted by Crippen LogP contribution is 2.23. The summed E-state index contributed by atoms with van der Waals surface area (Å²) in [7, 11) is 0. The summed E-state index contributed by atoms with van der Waals surface area (Å²) in [5.74, 6) is -0.0889. The maximum absolute atomic E-state index is 11.7. The zero-order valence-corrected chi connectivity index (χ0v) is 14.5. The molecule has 136 valence electrons. The van der Waals surface area contributed by atoms with Crippen molar-refractivity contribution in [3.05, 3.63) is 58.1 Å². The Bertz CT molecular complexity index is 849. The van der Waals surface area contributed by atoms with Crippen molar-refractivity contribution in [2.45, 2.75) is 26.7 Å². The maximum atomic E-state index is 11.7. The molecule has 0 spiro atoms. The van der Waals surface area contributed by atoms with E-state index in [1.54, 1.807) is 31.2 Å². The van der Waals surface area contributed by atoms with Crippen LogP contribution in [0.4, 0.5) is 17.1 Å². The van der Waals surface area contributed by atoms with Crippen LogP contribution < -0.4 is 10.7 Å². The number of hydrogen-bond acceptors (Lipinski definition) is 6. The number of nitrogens with one attached hydrogen (secondary N) is 2. The summed E-state index contributed by atoms with van der Waals surface area (Å²) in [6.07, 6.45) is 1.15. The van der Waals surface area contributed by atoms with Crippen molar-refractivity contribution in [3.8, 4) is 5.75 Å². The number of nitro groups is 1. The predicted octanol–water partition coefficient (Wildman–Crippen LogP) is 3.88. The number of benzene rings is 2. The first-order valence-electron chi connectivity index (χ1n) is 8.08. The minimum Gasteiger partial charge on any atom is -0.507 e. The van der Waals surface area contributed by atoms with Crippen molar-refractivity contribution in [3.63, 3.8) is 0 Å². The Morgan fingerprint density at radius 3 is 2.69 bits per heavy atom. The molecule has 0 saturated heterocycles.